The highest BCUT2D eigenvalue weighted by molar-refractivity contribution is 6.31. The van der Waals surface area contributed by atoms with Gasteiger partial charge in [0.05, 0.1) is 34.2 Å². The Balaban J connectivity index is 1.61. The van der Waals surface area contributed by atoms with Crippen molar-refractivity contribution in [1.29, 1.82) is 0 Å². The van der Waals surface area contributed by atoms with Gasteiger partial charge in [0.15, 0.2) is 11.5 Å². The van der Waals surface area contributed by atoms with Crippen LogP contribution in [0.5, 0.6) is 0 Å². The molecule has 0 radical (unpaired) electrons. The second-order valence-corrected chi connectivity index (χ2v) is 8.56. The fraction of sp³-hybridized carbons (Fsp3) is 0.120. The number of nitrogens with one attached hydrogen (secondary N) is 1. The van der Waals surface area contributed by atoms with Gasteiger partial charge in [0, 0.05) is 30.4 Å². The van der Waals surface area contributed by atoms with E-state index in [2.05, 4.69) is 30.4 Å². The van der Waals surface area contributed by atoms with Crippen LogP contribution in [0.15, 0.2) is 61.1 Å². The number of pyridine rings is 2. The van der Waals surface area contributed by atoms with Crippen molar-refractivity contribution in [3.63, 3.8) is 0 Å². The summed E-state index contributed by atoms with van der Waals surface area (Å²) in [6.45, 7) is 1.75. The summed E-state index contributed by atoms with van der Waals surface area (Å²) in [5.74, 6) is -1.07. The van der Waals surface area contributed by atoms with Crippen LogP contribution < -0.4 is 11.1 Å². The lowest BCUT2D eigenvalue weighted by Crippen LogP contribution is -2.29. The van der Waals surface area contributed by atoms with Crippen molar-refractivity contribution in [2.45, 2.75) is 13.0 Å². The maximum Gasteiger partial charge on any atom is 0.274 e. The lowest BCUT2D eigenvalue weighted by molar-refractivity contribution is 0.0935. The molecule has 4 aromatic heterocycles. The number of fused-ring (bicyclic) bond motifs is 1. The molecule has 36 heavy (non-hydrogen) atoms. The predicted molar refractivity (Wildman–Crippen MR) is 134 cm³/mol. The van der Waals surface area contributed by atoms with Gasteiger partial charge >= 0.3 is 0 Å². The van der Waals surface area contributed by atoms with Gasteiger partial charge in [-0.25, -0.2) is 14.4 Å². The third-order valence-electron chi connectivity index (χ3n) is 5.56. The summed E-state index contributed by atoms with van der Waals surface area (Å²) in [5, 5.41) is 8.24. The number of carbonyl (C=O) groups is 1. The first-order valence-electron chi connectivity index (χ1n) is 10.9. The van der Waals surface area contributed by atoms with Gasteiger partial charge in [0.1, 0.15) is 17.2 Å². The summed E-state index contributed by atoms with van der Waals surface area (Å²) in [5.41, 5.74) is 9.11. The quantitative estimate of drug-likeness (QED) is 0.366. The number of benzene rings is 1. The number of aryl methyl sites for hydroxylation is 1. The van der Waals surface area contributed by atoms with Crippen LogP contribution in [0.4, 0.5) is 10.2 Å². The first-order valence-corrected chi connectivity index (χ1v) is 11.3. The standard InChI is InChI=1S/C25H20ClFN8O/c1-13(20-17(26)4-3-8-29-20)31-25(36)23-24(28)33-22(19-7-9-35(2)34-19)21(32-23)14-5-6-18-15(10-14)11-16(27)12-30-18/h3-13H,1-2H3,(H2,28,33)(H,31,36)/t13-/m1/s1. The number of nitrogens with zero attached hydrogens (tertiary/aromatic N) is 6. The minimum Gasteiger partial charge on any atom is -0.382 e. The highest BCUT2D eigenvalue weighted by Gasteiger charge is 2.23. The topological polar surface area (TPSA) is 124 Å². The number of hydrogen-bond acceptors (Lipinski definition) is 7. The molecule has 0 aliphatic rings. The summed E-state index contributed by atoms with van der Waals surface area (Å²) >= 11 is 6.23. The number of hydrogen-bond donors (Lipinski definition) is 2. The van der Waals surface area contributed by atoms with E-state index >= 15 is 0 Å². The Kier molecular flexibility index (Phi) is 6.03. The van der Waals surface area contributed by atoms with Crippen LogP contribution in [0.3, 0.4) is 0 Å². The monoisotopic (exact) mass is 502 g/mol. The molecule has 0 aliphatic heterocycles. The van der Waals surface area contributed by atoms with Crippen LogP contribution in [0.1, 0.15) is 29.1 Å². The van der Waals surface area contributed by atoms with Gasteiger partial charge in [-0.2, -0.15) is 5.10 Å². The van der Waals surface area contributed by atoms with E-state index in [1.807, 2.05) is 0 Å². The lowest BCUT2D eigenvalue weighted by Gasteiger charge is -2.16. The number of anilines is 1. The van der Waals surface area contributed by atoms with E-state index in [1.165, 1.54) is 6.07 Å². The van der Waals surface area contributed by atoms with Crippen LogP contribution in [0, 0.1) is 5.82 Å². The Morgan fingerprint density at radius 3 is 2.72 bits per heavy atom. The van der Waals surface area contributed by atoms with Crippen molar-refractivity contribution in [2.75, 3.05) is 5.73 Å². The maximum absolute atomic E-state index is 13.8. The van der Waals surface area contributed by atoms with Crippen molar-refractivity contribution in [2.24, 2.45) is 7.05 Å². The molecule has 180 valence electrons. The van der Waals surface area contributed by atoms with Crippen LogP contribution in [-0.4, -0.2) is 35.6 Å². The molecule has 11 heteroatoms. The van der Waals surface area contributed by atoms with Crippen LogP contribution in [0.25, 0.3) is 33.5 Å². The van der Waals surface area contributed by atoms with Gasteiger partial charge in [0.25, 0.3) is 5.91 Å². The molecular formula is C25H20ClFN8O. The molecule has 0 bridgehead atoms. The highest BCUT2D eigenvalue weighted by atomic mass is 35.5. The summed E-state index contributed by atoms with van der Waals surface area (Å²) < 4.78 is 15.5. The Hall–Kier alpha value is -4.44. The van der Waals surface area contributed by atoms with Gasteiger partial charge < -0.3 is 11.1 Å². The summed E-state index contributed by atoms with van der Waals surface area (Å²) in [6.07, 6.45) is 4.51. The molecule has 5 aromatic rings. The number of aromatic nitrogens is 6. The molecule has 0 saturated heterocycles. The summed E-state index contributed by atoms with van der Waals surface area (Å²) in [7, 11) is 1.77. The molecule has 1 atom stereocenters. The van der Waals surface area contributed by atoms with Crippen molar-refractivity contribution >= 4 is 34.2 Å². The molecule has 0 aliphatic carbocycles. The van der Waals surface area contributed by atoms with E-state index in [9.17, 15) is 9.18 Å². The van der Waals surface area contributed by atoms with E-state index in [4.69, 9.17) is 17.3 Å². The largest absolute Gasteiger partial charge is 0.382 e. The van der Waals surface area contributed by atoms with E-state index in [1.54, 1.807) is 67.4 Å². The average Bonchev–Trinajstić information content (AvgIpc) is 3.29. The first kappa shape index (κ1) is 23.3. The fourth-order valence-electron chi connectivity index (χ4n) is 3.84. The second kappa shape index (κ2) is 9.31. The molecule has 9 nitrogen and oxygen atoms in total. The van der Waals surface area contributed by atoms with E-state index in [0.29, 0.717) is 44.3 Å². The molecular weight excluding hydrogens is 483 g/mol. The van der Waals surface area contributed by atoms with Gasteiger partial charge in [-0.3, -0.25) is 19.4 Å². The van der Waals surface area contributed by atoms with Crippen LogP contribution >= 0.6 is 11.6 Å². The zero-order chi connectivity index (χ0) is 25.4. The van der Waals surface area contributed by atoms with E-state index in [-0.39, 0.29) is 11.5 Å². The van der Waals surface area contributed by atoms with Crippen LogP contribution in [0.2, 0.25) is 5.02 Å². The van der Waals surface area contributed by atoms with Crippen molar-refractivity contribution < 1.29 is 9.18 Å². The molecule has 3 N–H and O–H groups in total. The Bertz CT molecular complexity index is 1620. The van der Waals surface area contributed by atoms with Crippen molar-refractivity contribution in [3.8, 4) is 22.6 Å². The van der Waals surface area contributed by atoms with Crippen LogP contribution in [-0.2, 0) is 7.05 Å². The van der Waals surface area contributed by atoms with E-state index in [0.717, 1.165) is 6.20 Å². The average molecular weight is 503 g/mol. The van der Waals surface area contributed by atoms with Gasteiger partial charge in [-0.15, -0.1) is 0 Å². The molecule has 1 amide bonds. The third-order valence-corrected chi connectivity index (χ3v) is 5.88. The molecule has 0 spiro atoms. The molecule has 1 aromatic carbocycles. The minimum absolute atomic E-state index is 0.0651. The normalized spacial score (nSPS) is 12.0. The van der Waals surface area contributed by atoms with Crippen molar-refractivity contribution in [1.82, 2.24) is 35.0 Å². The summed E-state index contributed by atoms with van der Waals surface area (Å²) in [4.78, 5) is 30.7. The zero-order valence-electron chi connectivity index (χ0n) is 19.3. The second-order valence-electron chi connectivity index (χ2n) is 8.16. The number of carbonyl (C=O) groups excluding carboxylic acids is 1. The fourth-order valence-corrected chi connectivity index (χ4v) is 4.12. The molecule has 0 fully saturated rings. The zero-order valence-corrected chi connectivity index (χ0v) is 20.0. The molecule has 5 rings (SSSR count). The number of halogens is 2. The summed E-state index contributed by atoms with van der Waals surface area (Å²) in [6, 6.07) is 11.3. The number of nitrogen functional groups attached to an aromatic ring is 1. The predicted octanol–water partition coefficient (Wildman–Crippen LogP) is 4.35. The number of nitrogens with two attached hydrogens (primary N) is 1. The highest BCUT2D eigenvalue weighted by Crippen LogP contribution is 2.32. The number of amides is 1. The Morgan fingerprint density at radius 2 is 1.97 bits per heavy atom. The Labute approximate surface area is 210 Å². The van der Waals surface area contributed by atoms with Gasteiger partial charge in [-0.1, -0.05) is 17.7 Å². The number of rotatable bonds is 5. The molecule has 0 saturated carbocycles. The smallest absolute Gasteiger partial charge is 0.274 e. The lowest BCUT2D eigenvalue weighted by atomic mass is 10.0. The maximum atomic E-state index is 13.8. The van der Waals surface area contributed by atoms with Gasteiger partial charge in [0.2, 0.25) is 0 Å². The van der Waals surface area contributed by atoms with E-state index < -0.39 is 17.8 Å². The SMILES string of the molecule is C[C@@H](NC(=O)c1nc(-c2ccc3ncc(F)cc3c2)c(-c2ccn(C)n2)nc1N)c1ncccc1Cl. The third kappa shape index (κ3) is 4.46. The van der Waals surface area contributed by atoms with Gasteiger partial charge in [-0.05, 0) is 43.3 Å². The molecule has 0 unspecified atom stereocenters. The Morgan fingerprint density at radius 1 is 1.14 bits per heavy atom. The minimum atomic E-state index is -0.545. The van der Waals surface area contributed by atoms with Crippen molar-refractivity contribution in [3.05, 3.63) is 83.3 Å². The molecule has 4 heterocycles. The first-order chi connectivity index (χ1) is 17.3.